The van der Waals surface area contributed by atoms with Gasteiger partial charge in [0.2, 0.25) is 5.91 Å². The van der Waals surface area contributed by atoms with Crippen molar-refractivity contribution in [2.45, 2.75) is 64.3 Å². The number of hydrogen-bond donors (Lipinski definition) is 2. The molecule has 0 aliphatic heterocycles. The molecule has 0 radical (unpaired) electrons. The molecule has 1 aliphatic carbocycles. The van der Waals surface area contributed by atoms with Crippen molar-refractivity contribution >= 4 is 11.9 Å². The van der Waals surface area contributed by atoms with Crippen molar-refractivity contribution in [1.82, 2.24) is 5.32 Å². The lowest BCUT2D eigenvalue weighted by Crippen LogP contribution is -2.33. The highest BCUT2D eigenvalue weighted by Crippen LogP contribution is 2.26. The second-order valence-corrected chi connectivity index (χ2v) is 7.04. The van der Waals surface area contributed by atoms with E-state index in [0.717, 1.165) is 6.42 Å². The number of carboxylic acids is 1. The van der Waals surface area contributed by atoms with Gasteiger partial charge in [-0.05, 0) is 42.2 Å². The number of benzene rings is 1. The second kappa shape index (κ2) is 7.62. The van der Waals surface area contributed by atoms with Gasteiger partial charge in [-0.15, -0.1) is 0 Å². The molecule has 1 saturated carbocycles. The first-order valence-corrected chi connectivity index (χ1v) is 8.48. The highest BCUT2D eigenvalue weighted by atomic mass is 16.4. The molecule has 4 nitrogen and oxygen atoms in total. The van der Waals surface area contributed by atoms with Crippen molar-refractivity contribution in [3.63, 3.8) is 0 Å². The minimum Gasteiger partial charge on any atom is -0.481 e. The minimum absolute atomic E-state index is 0.0131. The van der Waals surface area contributed by atoms with Gasteiger partial charge in [0, 0.05) is 12.5 Å². The summed E-state index contributed by atoms with van der Waals surface area (Å²) in [6.45, 7) is 6.38. The van der Waals surface area contributed by atoms with E-state index in [2.05, 4.69) is 50.4 Å². The maximum Gasteiger partial charge on any atom is 0.306 e. The summed E-state index contributed by atoms with van der Waals surface area (Å²) in [7, 11) is 0. The van der Waals surface area contributed by atoms with Crippen molar-refractivity contribution in [3.8, 4) is 0 Å². The average molecular weight is 317 g/mol. The number of aliphatic carboxylic acids is 1. The number of rotatable bonds is 6. The van der Waals surface area contributed by atoms with Crippen LogP contribution < -0.4 is 5.32 Å². The summed E-state index contributed by atoms with van der Waals surface area (Å²) >= 11 is 0. The van der Waals surface area contributed by atoms with Crippen LogP contribution in [0, 0.1) is 5.92 Å². The molecular weight excluding hydrogens is 290 g/mol. The van der Waals surface area contributed by atoms with Crippen LogP contribution in [0.15, 0.2) is 24.3 Å². The highest BCUT2D eigenvalue weighted by molar-refractivity contribution is 5.77. The molecule has 1 fully saturated rings. The summed E-state index contributed by atoms with van der Waals surface area (Å²) in [6.07, 6.45) is 2.42. The Kier molecular flexibility index (Phi) is 5.80. The minimum atomic E-state index is -0.750. The number of nitrogens with one attached hydrogen (secondary N) is 1. The van der Waals surface area contributed by atoms with E-state index in [1.54, 1.807) is 0 Å². The van der Waals surface area contributed by atoms with Crippen molar-refractivity contribution in [1.29, 1.82) is 0 Å². The third-order valence-corrected chi connectivity index (χ3v) is 4.81. The maximum absolute atomic E-state index is 12.2. The zero-order valence-electron chi connectivity index (χ0n) is 14.2. The first-order chi connectivity index (χ1) is 10.9. The zero-order chi connectivity index (χ0) is 17.0. The van der Waals surface area contributed by atoms with Crippen LogP contribution >= 0.6 is 0 Å². The molecule has 2 N–H and O–H groups in total. The van der Waals surface area contributed by atoms with Gasteiger partial charge in [0.1, 0.15) is 0 Å². The molecule has 4 heteroatoms. The van der Waals surface area contributed by atoms with Crippen LogP contribution in [0.2, 0.25) is 0 Å². The molecule has 1 aromatic rings. The van der Waals surface area contributed by atoms with E-state index in [0.29, 0.717) is 25.2 Å². The Morgan fingerprint density at radius 1 is 1.13 bits per heavy atom. The van der Waals surface area contributed by atoms with Gasteiger partial charge in [0.15, 0.2) is 0 Å². The van der Waals surface area contributed by atoms with Crippen molar-refractivity contribution in [2.24, 2.45) is 5.92 Å². The van der Waals surface area contributed by atoms with E-state index in [-0.39, 0.29) is 23.8 Å². The molecule has 1 aliphatic rings. The summed E-state index contributed by atoms with van der Waals surface area (Å²) in [5.41, 5.74) is 2.47. The van der Waals surface area contributed by atoms with E-state index in [4.69, 9.17) is 5.11 Å². The lowest BCUT2D eigenvalue weighted by atomic mass is 9.94. The van der Waals surface area contributed by atoms with Gasteiger partial charge < -0.3 is 10.4 Å². The quantitative estimate of drug-likeness (QED) is 0.841. The molecule has 0 spiro atoms. The van der Waals surface area contributed by atoms with Gasteiger partial charge in [-0.1, -0.05) is 45.0 Å². The standard InChI is InChI=1S/C19H27NO3/c1-12(2)14-4-6-15(7-5-14)13(3)10-18(21)20-17-9-8-16(11-17)19(22)23/h4-7,12-13,16-17H,8-11H2,1-3H3,(H,20,21)(H,22,23)/t13?,16-,17+/m1/s1. The molecule has 1 aromatic carbocycles. The van der Waals surface area contributed by atoms with E-state index in [9.17, 15) is 9.59 Å². The summed E-state index contributed by atoms with van der Waals surface area (Å²) in [4.78, 5) is 23.1. The Bertz CT molecular complexity index is 550. The Morgan fingerprint density at radius 3 is 2.26 bits per heavy atom. The van der Waals surface area contributed by atoms with Crippen molar-refractivity contribution in [3.05, 3.63) is 35.4 Å². The van der Waals surface area contributed by atoms with Crippen LogP contribution in [0.3, 0.4) is 0 Å². The predicted octanol–water partition coefficient (Wildman–Crippen LogP) is 3.67. The van der Waals surface area contributed by atoms with Gasteiger partial charge in [-0.25, -0.2) is 0 Å². The molecule has 0 heterocycles. The Labute approximate surface area is 138 Å². The van der Waals surface area contributed by atoms with Gasteiger partial charge in [-0.3, -0.25) is 9.59 Å². The number of carbonyl (C=O) groups excluding carboxylic acids is 1. The SMILES string of the molecule is CC(C)c1ccc(C(C)CC(=O)N[C@H]2CC[C@@H](C(=O)O)C2)cc1. The molecule has 1 amide bonds. The lowest BCUT2D eigenvalue weighted by Gasteiger charge is -2.16. The van der Waals surface area contributed by atoms with Crippen LogP contribution in [0.1, 0.15) is 69.4 Å². The molecule has 2 rings (SSSR count). The molecule has 0 saturated heterocycles. The third-order valence-electron chi connectivity index (χ3n) is 4.81. The largest absolute Gasteiger partial charge is 0.481 e. The first kappa shape index (κ1) is 17.5. The third kappa shape index (κ3) is 4.81. The molecular formula is C19H27NO3. The highest BCUT2D eigenvalue weighted by Gasteiger charge is 2.30. The molecule has 126 valence electrons. The second-order valence-electron chi connectivity index (χ2n) is 7.04. The average Bonchev–Trinajstić information content (AvgIpc) is 2.95. The van der Waals surface area contributed by atoms with Gasteiger partial charge in [-0.2, -0.15) is 0 Å². The van der Waals surface area contributed by atoms with E-state index in [1.165, 1.54) is 11.1 Å². The number of hydrogen-bond acceptors (Lipinski definition) is 2. The first-order valence-electron chi connectivity index (χ1n) is 8.48. The summed E-state index contributed by atoms with van der Waals surface area (Å²) in [5, 5.41) is 12.0. The number of amides is 1. The summed E-state index contributed by atoms with van der Waals surface area (Å²) in [5.74, 6) is -0.372. The van der Waals surface area contributed by atoms with Gasteiger partial charge in [0.25, 0.3) is 0 Å². The number of carboxylic acid groups (broad SMARTS) is 1. The maximum atomic E-state index is 12.2. The molecule has 3 atom stereocenters. The predicted molar refractivity (Wildman–Crippen MR) is 90.5 cm³/mol. The Hall–Kier alpha value is -1.84. The van der Waals surface area contributed by atoms with Crippen molar-refractivity contribution < 1.29 is 14.7 Å². The Morgan fingerprint density at radius 2 is 1.74 bits per heavy atom. The van der Waals surface area contributed by atoms with Gasteiger partial charge >= 0.3 is 5.97 Å². The Balaban J connectivity index is 1.84. The van der Waals surface area contributed by atoms with Crippen LogP contribution in [0.5, 0.6) is 0 Å². The molecule has 23 heavy (non-hydrogen) atoms. The molecule has 0 bridgehead atoms. The van der Waals surface area contributed by atoms with Crippen LogP contribution in [0.25, 0.3) is 0 Å². The topological polar surface area (TPSA) is 66.4 Å². The smallest absolute Gasteiger partial charge is 0.306 e. The monoisotopic (exact) mass is 317 g/mol. The fourth-order valence-corrected chi connectivity index (χ4v) is 3.23. The van der Waals surface area contributed by atoms with E-state index in [1.807, 2.05) is 0 Å². The molecule has 0 aromatic heterocycles. The van der Waals surface area contributed by atoms with Crippen molar-refractivity contribution in [2.75, 3.05) is 0 Å². The summed E-state index contributed by atoms with van der Waals surface area (Å²) in [6, 6.07) is 8.47. The lowest BCUT2D eigenvalue weighted by molar-refractivity contribution is -0.141. The van der Waals surface area contributed by atoms with Crippen LogP contribution in [-0.2, 0) is 9.59 Å². The van der Waals surface area contributed by atoms with E-state index < -0.39 is 5.97 Å². The number of carbonyl (C=O) groups is 2. The fourth-order valence-electron chi connectivity index (χ4n) is 3.23. The molecule has 1 unspecified atom stereocenters. The van der Waals surface area contributed by atoms with Gasteiger partial charge in [0.05, 0.1) is 5.92 Å². The van der Waals surface area contributed by atoms with Crippen LogP contribution in [-0.4, -0.2) is 23.0 Å². The van der Waals surface area contributed by atoms with E-state index >= 15 is 0 Å². The zero-order valence-corrected chi connectivity index (χ0v) is 14.2. The normalized spacial score (nSPS) is 22.1. The summed E-state index contributed by atoms with van der Waals surface area (Å²) < 4.78 is 0. The van der Waals surface area contributed by atoms with Crippen LogP contribution in [0.4, 0.5) is 0 Å². The fraction of sp³-hybridized carbons (Fsp3) is 0.579.